The minimum absolute atomic E-state index is 0.0340. The molecule has 12 nitrogen and oxygen atoms in total. The number of carbonyl (C=O) groups is 4. The van der Waals surface area contributed by atoms with E-state index in [-0.39, 0.29) is 30.7 Å². The van der Waals surface area contributed by atoms with Crippen LogP contribution in [0.25, 0.3) is 0 Å². The zero-order chi connectivity index (χ0) is 30.8. The van der Waals surface area contributed by atoms with Crippen LogP contribution in [0.2, 0.25) is 0 Å². The summed E-state index contributed by atoms with van der Waals surface area (Å²) in [5.74, 6) is -1.33. The average Bonchev–Trinajstić information content (AvgIpc) is 3.25. The van der Waals surface area contributed by atoms with Crippen LogP contribution in [0.5, 0.6) is 0 Å². The molecule has 3 atom stereocenters. The molecule has 0 fully saturated rings. The Bertz CT molecular complexity index is 1060. The van der Waals surface area contributed by atoms with Crippen molar-refractivity contribution in [1.82, 2.24) is 25.5 Å². The summed E-state index contributed by atoms with van der Waals surface area (Å²) in [5.41, 5.74) is -1.10. The second kappa shape index (κ2) is 14.7. The molecule has 12 heteroatoms. The highest BCUT2D eigenvalue weighted by Gasteiger charge is 2.32. The number of nitriles is 1. The molecule has 0 spiro atoms. The maximum absolute atomic E-state index is 13.4. The first-order chi connectivity index (χ1) is 18.3. The van der Waals surface area contributed by atoms with Gasteiger partial charge >= 0.3 is 12.2 Å². The van der Waals surface area contributed by atoms with Gasteiger partial charge in [-0.2, -0.15) is 5.26 Å². The molecule has 3 amide bonds. The highest BCUT2D eigenvalue weighted by atomic mass is 16.6. The summed E-state index contributed by atoms with van der Waals surface area (Å²) in [5, 5.41) is 17.3. The lowest BCUT2D eigenvalue weighted by molar-refractivity contribution is -0.131. The first-order valence-corrected chi connectivity index (χ1v) is 13.6. The monoisotopic (exact) mass is 562 g/mol. The summed E-state index contributed by atoms with van der Waals surface area (Å²) in [7, 11) is 0. The van der Waals surface area contributed by atoms with E-state index in [1.165, 1.54) is 17.1 Å². The zero-order valence-corrected chi connectivity index (χ0v) is 25.5. The molecule has 0 aliphatic rings. The number of hydrogen-bond donors (Lipinski definition) is 3. The number of nitrogens with one attached hydrogen (secondary N) is 3. The fourth-order valence-corrected chi connectivity index (χ4v) is 3.61. The standard InChI is InChI=1S/C28H46N6O6/c1-17(2)20(12-11-13-29)31-23(35)21(14-19-15-34(16-30-19)26(38)40-28(8,9)10)32-24(36)22(18(3)4)33-25(37)39-27(5,6)7/h15-18,20-22H,11-12,14H2,1-10H3,(H,31,35)(H,32,36)(H,33,37)/t20?,21-,22-/m0/s1. The van der Waals surface area contributed by atoms with Crippen molar-refractivity contribution in [3.63, 3.8) is 0 Å². The van der Waals surface area contributed by atoms with Crippen LogP contribution in [0.1, 0.15) is 87.8 Å². The highest BCUT2D eigenvalue weighted by molar-refractivity contribution is 5.91. The van der Waals surface area contributed by atoms with Crippen LogP contribution < -0.4 is 16.0 Å². The van der Waals surface area contributed by atoms with Crippen molar-refractivity contribution < 1.29 is 28.7 Å². The molecular formula is C28H46N6O6. The minimum Gasteiger partial charge on any atom is -0.444 e. The van der Waals surface area contributed by atoms with Crippen molar-refractivity contribution >= 4 is 24.0 Å². The van der Waals surface area contributed by atoms with Crippen LogP contribution in [0.4, 0.5) is 9.59 Å². The van der Waals surface area contributed by atoms with Gasteiger partial charge in [0.15, 0.2) is 0 Å². The van der Waals surface area contributed by atoms with E-state index in [4.69, 9.17) is 14.7 Å². The molecule has 0 aromatic carbocycles. The third kappa shape index (κ3) is 12.5. The van der Waals surface area contributed by atoms with Crippen LogP contribution >= 0.6 is 0 Å². The van der Waals surface area contributed by atoms with Crippen LogP contribution in [-0.2, 0) is 25.5 Å². The Morgan fingerprint density at radius 2 is 1.52 bits per heavy atom. The number of imidazole rings is 1. The fourth-order valence-electron chi connectivity index (χ4n) is 3.61. The average molecular weight is 563 g/mol. The molecular weight excluding hydrogens is 516 g/mol. The lowest BCUT2D eigenvalue weighted by Crippen LogP contribution is -2.57. The van der Waals surface area contributed by atoms with Crippen LogP contribution in [0.3, 0.4) is 0 Å². The Labute approximate surface area is 237 Å². The summed E-state index contributed by atoms with van der Waals surface area (Å²) < 4.78 is 11.8. The molecule has 0 bridgehead atoms. The lowest BCUT2D eigenvalue weighted by atomic mass is 9.98. The quantitative estimate of drug-likeness (QED) is 0.367. The summed E-state index contributed by atoms with van der Waals surface area (Å²) in [6, 6.07) is -0.277. The van der Waals surface area contributed by atoms with Gasteiger partial charge in [-0.05, 0) is 59.8 Å². The van der Waals surface area contributed by atoms with Gasteiger partial charge in [-0.15, -0.1) is 0 Å². The van der Waals surface area contributed by atoms with E-state index in [1.807, 2.05) is 13.8 Å². The van der Waals surface area contributed by atoms with E-state index in [1.54, 1.807) is 55.4 Å². The Morgan fingerprint density at radius 1 is 0.925 bits per heavy atom. The third-order valence-electron chi connectivity index (χ3n) is 5.61. The number of ether oxygens (including phenoxy) is 2. The Hall–Kier alpha value is -3.62. The Kier molecular flexibility index (Phi) is 12.6. The molecule has 40 heavy (non-hydrogen) atoms. The molecule has 0 saturated heterocycles. The van der Waals surface area contributed by atoms with Gasteiger partial charge in [-0.3, -0.25) is 9.59 Å². The van der Waals surface area contributed by atoms with Gasteiger partial charge in [-0.1, -0.05) is 27.7 Å². The van der Waals surface area contributed by atoms with Gasteiger partial charge in [0.2, 0.25) is 11.8 Å². The maximum Gasteiger partial charge on any atom is 0.419 e. The van der Waals surface area contributed by atoms with Gasteiger partial charge in [0.25, 0.3) is 0 Å². The molecule has 0 aliphatic heterocycles. The molecule has 224 valence electrons. The summed E-state index contributed by atoms with van der Waals surface area (Å²) in [6.45, 7) is 17.7. The number of amides is 3. The molecule has 1 heterocycles. The predicted octanol–water partition coefficient (Wildman–Crippen LogP) is 3.69. The van der Waals surface area contributed by atoms with Gasteiger partial charge in [-0.25, -0.2) is 19.1 Å². The first kappa shape index (κ1) is 34.4. The minimum atomic E-state index is -1.08. The van der Waals surface area contributed by atoms with Crippen LogP contribution in [0, 0.1) is 23.2 Å². The normalized spacial score (nSPS) is 14.1. The Morgan fingerprint density at radius 3 is 2.02 bits per heavy atom. The summed E-state index contributed by atoms with van der Waals surface area (Å²) in [4.78, 5) is 55.9. The largest absolute Gasteiger partial charge is 0.444 e. The van der Waals surface area contributed by atoms with Crippen molar-refractivity contribution in [2.24, 2.45) is 11.8 Å². The lowest BCUT2D eigenvalue weighted by Gasteiger charge is -2.28. The Balaban J connectivity index is 3.22. The summed E-state index contributed by atoms with van der Waals surface area (Å²) in [6.07, 6.45) is 2.01. The zero-order valence-electron chi connectivity index (χ0n) is 25.5. The molecule has 1 aromatic rings. The third-order valence-corrected chi connectivity index (χ3v) is 5.61. The topological polar surface area (TPSA) is 164 Å². The number of carbonyl (C=O) groups excluding carboxylic acids is 4. The fraction of sp³-hybridized carbons (Fsp3) is 0.714. The second-order valence-electron chi connectivity index (χ2n) is 12.4. The smallest absolute Gasteiger partial charge is 0.419 e. The van der Waals surface area contributed by atoms with E-state index in [9.17, 15) is 19.2 Å². The van der Waals surface area contributed by atoms with Gasteiger partial charge in [0.1, 0.15) is 29.6 Å². The maximum atomic E-state index is 13.4. The summed E-state index contributed by atoms with van der Waals surface area (Å²) >= 11 is 0. The molecule has 0 aliphatic carbocycles. The van der Waals surface area contributed by atoms with E-state index in [0.717, 1.165) is 0 Å². The molecule has 0 radical (unpaired) electrons. The molecule has 1 rings (SSSR count). The van der Waals surface area contributed by atoms with Crippen molar-refractivity contribution in [2.75, 3.05) is 0 Å². The van der Waals surface area contributed by atoms with Gasteiger partial charge < -0.3 is 25.4 Å². The number of alkyl carbamates (subject to hydrolysis) is 1. The number of rotatable bonds is 11. The van der Waals surface area contributed by atoms with Crippen molar-refractivity contribution in [2.45, 2.75) is 118 Å². The van der Waals surface area contributed by atoms with E-state index in [2.05, 4.69) is 27.0 Å². The van der Waals surface area contributed by atoms with E-state index in [0.29, 0.717) is 12.1 Å². The van der Waals surface area contributed by atoms with Gasteiger partial charge in [0, 0.05) is 25.1 Å². The molecule has 1 aromatic heterocycles. The van der Waals surface area contributed by atoms with Gasteiger partial charge in [0.05, 0.1) is 11.8 Å². The van der Waals surface area contributed by atoms with E-state index >= 15 is 0 Å². The highest BCUT2D eigenvalue weighted by Crippen LogP contribution is 2.13. The van der Waals surface area contributed by atoms with Crippen molar-refractivity contribution in [3.05, 3.63) is 18.2 Å². The van der Waals surface area contributed by atoms with Crippen LogP contribution in [0.15, 0.2) is 12.5 Å². The van der Waals surface area contributed by atoms with Crippen molar-refractivity contribution in [3.8, 4) is 6.07 Å². The molecule has 3 N–H and O–H groups in total. The SMILES string of the molecule is CC(C)C(CCC#N)NC(=O)[C@H](Cc1cn(C(=O)OC(C)(C)C)cn1)NC(=O)[C@@H](NC(=O)OC(C)(C)C)C(C)C. The number of nitrogens with zero attached hydrogens (tertiary/aromatic N) is 3. The molecule has 1 unspecified atom stereocenters. The van der Waals surface area contributed by atoms with Crippen LogP contribution in [-0.4, -0.2) is 62.9 Å². The second-order valence-corrected chi connectivity index (χ2v) is 12.4. The predicted molar refractivity (Wildman–Crippen MR) is 149 cm³/mol. The first-order valence-electron chi connectivity index (χ1n) is 13.6. The van der Waals surface area contributed by atoms with E-state index < -0.39 is 47.3 Å². The van der Waals surface area contributed by atoms with Crippen molar-refractivity contribution in [1.29, 1.82) is 5.26 Å². The number of aromatic nitrogens is 2. The molecule has 0 saturated carbocycles. The number of hydrogen-bond acceptors (Lipinski definition) is 8.